The molecule has 2 saturated carbocycles. The maximum absolute atomic E-state index is 12.5. The minimum atomic E-state index is -0.982. The number of benzene rings is 1. The molecule has 1 aromatic carbocycles. The van der Waals surface area contributed by atoms with Crippen molar-refractivity contribution in [2.45, 2.75) is 38.6 Å². The summed E-state index contributed by atoms with van der Waals surface area (Å²) in [7, 11) is 0. The summed E-state index contributed by atoms with van der Waals surface area (Å²) >= 11 is 0. The zero-order chi connectivity index (χ0) is 16.4. The number of ether oxygens (including phenoxy) is 1. The highest BCUT2D eigenvalue weighted by Crippen LogP contribution is 2.47. The van der Waals surface area contributed by atoms with Gasteiger partial charge in [-0.2, -0.15) is 0 Å². The Kier molecular flexibility index (Phi) is 4.07. The Morgan fingerprint density at radius 2 is 1.87 bits per heavy atom. The largest absolute Gasteiger partial charge is 0.462 e. The zero-order valence-corrected chi connectivity index (χ0v) is 13.1. The molecule has 23 heavy (non-hydrogen) atoms. The first-order valence-corrected chi connectivity index (χ1v) is 7.95. The first-order chi connectivity index (χ1) is 11.1. The molecular formula is C17H20N2O4. The van der Waals surface area contributed by atoms with E-state index in [1.165, 1.54) is 0 Å². The van der Waals surface area contributed by atoms with Crippen molar-refractivity contribution in [3.63, 3.8) is 0 Å². The van der Waals surface area contributed by atoms with Gasteiger partial charge in [-0.3, -0.25) is 9.59 Å². The van der Waals surface area contributed by atoms with Crippen LogP contribution in [0.25, 0.3) is 0 Å². The van der Waals surface area contributed by atoms with Crippen LogP contribution in [0.2, 0.25) is 0 Å². The summed E-state index contributed by atoms with van der Waals surface area (Å²) in [6.07, 6.45) is 3.04. The van der Waals surface area contributed by atoms with Crippen LogP contribution in [0.5, 0.6) is 0 Å². The third kappa shape index (κ3) is 3.21. The van der Waals surface area contributed by atoms with Crippen molar-refractivity contribution in [2.75, 3.05) is 11.9 Å². The molecule has 0 spiro atoms. The molecule has 122 valence electrons. The normalized spacial score (nSPS) is 18.0. The van der Waals surface area contributed by atoms with Crippen LogP contribution in [0.4, 0.5) is 5.69 Å². The molecule has 0 radical (unpaired) electrons. The van der Waals surface area contributed by atoms with Crippen molar-refractivity contribution in [3.8, 4) is 0 Å². The van der Waals surface area contributed by atoms with Gasteiger partial charge in [0.15, 0.2) is 0 Å². The summed E-state index contributed by atoms with van der Waals surface area (Å²) in [5.74, 6) is -1.05. The standard InChI is InChI=1S/C17H20N2O4/c1-2-23-14(20)12-5-3-4-6-13(12)19-16(22)17(9-10-17)15(21)18-11-7-8-11/h3-6,11H,2,7-10H2,1H3,(H,18,21)(H,19,22). The third-order valence-corrected chi connectivity index (χ3v) is 4.20. The van der Waals surface area contributed by atoms with E-state index in [2.05, 4.69) is 10.6 Å². The lowest BCUT2D eigenvalue weighted by molar-refractivity contribution is -0.134. The maximum Gasteiger partial charge on any atom is 0.340 e. The molecule has 2 aliphatic carbocycles. The summed E-state index contributed by atoms with van der Waals surface area (Å²) < 4.78 is 4.99. The van der Waals surface area contributed by atoms with Crippen LogP contribution in [0.3, 0.4) is 0 Å². The fourth-order valence-corrected chi connectivity index (χ4v) is 2.45. The molecule has 0 bridgehead atoms. The van der Waals surface area contributed by atoms with E-state index in [9.17, 15) is 14.4 Å². The Morgan fingerprint density at radius 3 is 2.48 bits per heavy atom. The summed E-state index contributed by atoms with van der Waals surface area (Å²) in [5, 5.41) is 5.62. The molecule has 2 amide bonds. The SMILES string of the molecule is CCOC(=O)c1ccccc1NC(=O)C1(C(=O)NC2CC2)CC1. The van der Waals surface area contributed by atoms with Crippen LogP contribution in [0.1, 0.15) is 43.0 Å². The predicted molar refractivity (Wildman–Crippen MR) is 83.9 cm³/mol. The number of anilines is 1. The lowest BCUT2D eigenvalue weighted by Crippen LogP contribution is -2.41. The summed E-state index contributed by atoms with van der Waals surface area (Å²) in [6.45, 7) is 1.98. The van der Waals surface area contributed by atoms with Gasteiger partial charge >= 0.3 is 5.97 Å². The number of esters is 1. The summed E-state index contributed by atoms with van der Waals surface area (Å²) in [5.41, 5.74) is -0.313. The number of hydrogen-bond donors (Lipinski definition) is 2. The highest BCUT2D eigenvalue weighted by atomic mass is 16.5. The summed E-state index contributed by atoms with van der Waals surface area (Å²) in [6, 6.07) is 6.88. The molecule has 2 fully saturated rings. The number of hydrogen-bond acceptors (Lipinski definition) is 4. The van der Waals surface area contributed by atoms with E-state index < -0.39 is 11.4 Å². The second-order valence-electron chi connectivity index (χ2n) is 6.05. The molecule has 0 heterocycles. The smallest absolute Gasteiger partial charge is 0.340 e. The molecule has 0 saturated heterocycles. The first-order valence-electron chi connectivity index (χ1n) is 7.95. The summed E-state index contributed by atoms with van der Waals surface area (Å²) in [4.78, 5) is 36.8. The molecule has 0 unspecified atom stereocenters. The Balaban J connectivity index is 1.73. The number of carbonyl (C=O) groups is 3. The quantitative estimate of drug-likeness (QED) is 0.620. The molecule has 6 heteroatoms. The van der Waals surface area contributed by atoms with Crippen molar-refractivity contribution < 1.29 is 19.1 Å². The van der Waals surface area contributed by atoms with Gasteiger partial charge in [-0.25, -0.2) is 4.79 Å². The van der Waals surface area contributed by atoms with Gasteiger partial charge in [-0.1, -0.05) is 12.1 Å². The molecule has 2 aliphatic rings. The van der Waals surface area contributed by atoms with Gasteiger partial charge in [0.05, 0.1) is 17.9 Å². The van der Waals surface area contributed by atoms with Crippen LogP contribution < -0.4 is 10.6 Å². The van der Waals surface area contributed by atoms with E-state index in [4.69, 9.17) is 4.74 Å². The van der Waals surface area contributed by atoms with E-state index in [1.54, 1.807) is 31.2 Å². The third-order valence-electron chi connectivity index (χ3n) is 4.20. The second kappa shape index (κ2) is 6.02. The minimum Gasteiger partial charge on any atom is -0.462 e. The van der Waals surface area contributed by atoms with E-state index in [0.717, 1.165) is 12.8 Å². The molecule has 0 atom stereocenters. The average Bonchev–Trinajstić information content (AvgIpc) is 3.42. The average molecular weight is 316 g/mol. The zero-order valence-electron chi connectivity index (χ0n) is 13.1. The second-order valence-corrected chi connectivity index (χ2v) is 6.05. The highest BCUT2D eigenvalue weighted by molar-refractivity contribution is 6.14. The number of amides is 2. The Hall–Kier alpha value is -2.37. The first kappa shape index (κ1) is 15.5. The molecule has 0 aliphatic heterocycles. The van der Waals surface area contributed by atoms with Crippen molar-refractivity contribution in [2.24, 2.45) is 5.41 Å². The number of nitrogens with one attached hydrogen (secondary N) is 2. The number of para-hydroxylation sites is 1. The van der Waals surface area contributed by atoms with Crippen molar-refractivity contribution in [3.05, 3.63) is 29.8 Å². The fraction of sp³-hybridized carbons (Fsp3) is 0.471. The van der Waals surface area contributed by atoms with Gasteiger partial charge in [0.25, 0.3) is 0 Å². The van der Waals surface area contributed by atoms with Crippen LogP contribution in [-0.2, 0) is 14.3 Å². The molecule has 6 nitrogen and oxygen atoms in total. The topological polar surface area (TPSA) is 84.5 Å². The van der Waals surface area contributed by atoms with E-state index in [0.29, 0.717) is 24.1 Å². The Morgan fingerprint density at radius 1 is 1.17 bits per heavy atom. The van der Waals surface area contributed by atoms with Crippen LogP contribution in [0.15, 0.2) is 24.3 Å². The van der Waals surface area contributed by atoms with E-state index >= 15 is 0 Å². The maximum atomic E-state index is 12.5. The number of carbonyl (C=O) groups excluding carboxylic acids is 3. The molecule has 0 aromatic heterocycles. The lowest BCUT2D eigenvalue weighted by Gasteiger charge is -2.16. The number of rotatable bonds is 6. The minimum absolute atomic E-state index is 0.203. The molecule has 1 aromatic rings. The van der Waals surface area contributed by atoms with Gasteiger partial charge in [0.1, 0.15) is 5.41 Å². The monoisotopic (exact) mass is 316 g/mol. The molecular weight excluding hydrogens is 296 g/mol. The molecule has 2 N–H and O–H groups in total. The highest BCUT2D eigenvalue weighted by Gasteiger charge is 2.57. The van der Waals surface area contributed by atoms with Gasteiger partial charge in [-0.05, 0) is 44.7 Å². The predicted octanol–water partition coefficient (Wildman–Crippen LogP) is 1.86. The van der Waals surface area contributed by atoms with Crippen molar-refractivity contribution in [1.82, 2.24) is 5.32 Å². The fourth-order valence-electron chi connectivity index (χ4n) is 2.45. The van der Waals surface area contributed by atoms with Crippen LogP contribution in [-0.4, -0.2) is 30.4 Å². The lowest BCUT2D eigenvalue weighted by atomic mass is 10.0. The van der Waals surface area contributed by atoms with Crippen LogP contribution in [0, 0.1) is 5.41 Å². The van der Waals surface area contributed by atoms with Gasteiger partial charge in [0, 0.05) is 6.04 Å². The van der Waals surface area contributed by atoms with Gasteiger partial charge < -0.3 is 15.4 Å². The molecule has 3 rings (SSSR count). The van der Waals surface area contributed by atoms with Crippen LogP contribution >= 0.6 is 0 Å². The van der Waals surface area contributed by atoms with Gasteiger partial charge in [-0.15, -0.1) is 0 Å². The van der Waals surface area contributed by atoms with E-state index in [-0.39, 0.29) is 24.5 Å². The van der Waals surface area contributed by atoms with E-state index in [1.807, 2.05) is 0 Å². The van der Waals surface area contributed by atoms with Crippen molar-refractivity contribution in [1.29, 1.82) is 0 Å². The van der Waals surface area contributed by atoms with Gasteiger partial charge in [0.2, 0.25) is 11.8 Å². The van der Waals surface area contributed by atoms with Crippen molar-refractivity contribution >= 4 is 23.5 Å². The Labute approximate surface area is 134 Å². The Bertz CT molecular complexity index is 648.